The summed E-state index contributed by atoms with van der Waals surface area (Å²) in [4.78, 5) is 10.9. The lowest BCUT2D eigenvalue weighted by Gasteiger charge is -2.20. The normalized spacial score (nSPS) is 14.4. The molecule has 0 aliphatic heterocycles. The third-order valence-electron chi connectivity index (χ3n) is 2.54. The Labute approximate surface area is 94.4 Å². The summed E-state index contributed by atoms with van der Waals surface area (Å²) < 4.78 is 17.8. The molecule has 16 heavy (non-hydrogen) atoms. The van der Waals surface area contributed by atoms with Crippen LogP contribution in [0.4, 0.5) is 4.39 Å². The van der Waals surface area contributed by atoms with Gasteiger partial charge < -0.3 is 10.5 Å². The van der Waals surface area contributed by atoms with Crippen molar-refractivity contribution in [3.63, 3.8) is 0 Å². The fourth-order valence-corrected chi connectivity index (χ4v) is 1.61. The molecular formula is C12H16FNO2. The summed E-state index contributed by atoms with van der Waals surface area (Å²) in [5.74, 6) is -0.691. The lowest BCUT2D eigenvalue weighted by atomic mass is 9.97. The van der Waals surface area contributed by atoms with Crippen molar-refractivity contribution in [2.24, 2.45) is 11.7 Å². The van der Waals surface area contributed by atoms with Gasteiger partial charge in [-0.2, -0.15) is 0 Å². The van der Waals surface area contributed by atoms with E-state index in [1.165, 1.54) is 0 Å². The van der Waals surface area contributed by atoms with Gasteiger partial charge in [0.15, 0.2) is 0 Å². The second kappa shape index (κ2) is 5.61. The molecule has 1 aromatic rings. The van der Waals surface area contributed by atoms with Gasteiger partial charge in [0.25, 0.3) is 0 Å². The molecule has 0 unspecified atom stereocenters. The van der Waals surface area contributed by atoms with E-state index >= 15 is 0 Å². The van der Waals surface area contributed by atoms with Crippen LogP contribution in [0, 0.1) is 5.92 Å². The van der Waals surface area contributed by atoms with Crippen molar-refractivity contribution in [1.29, 1.82) is 0 Å². The molecule has 0 spiro atoms. The number of benzene rings is 1. The van der Waals surface area contributed by atoms with E-state index in [9.17, 15) is 9.18 Å². The van der Waals surface area contributed by atoms with Crippen LogP contribution in [-0.2, 0) is 4.74 Å². The summed E-state index contributed by atoms with van der Waals surface area (Å²) in [6.07, 6.45) is -0.299. The van der Waals surface area contributed by atoms with E-state index in [0.29, 0.717) is 5.56 Å². The van der Waals surface area contributed by atoms with Gasteiger partial charge in [-0.3, -0.25) is 9.18 Å². The van der Waals surface area contributed by atoms with E-state index in [2.05, 4.69) is 0 Å². The summed E-state index contributed by atoms with van der Waals surface area (Å²) in [7, 11) is 1.54. The number of ether oxygens (including phenoxy) is 1. The zero-order valence-corrected chi connectivity index (χ0v) is 9.44. The maximum atomic E-state index is 12.6. The van der Waals surface area contributed by atoms with Crippen molar-refractivity contribution in [1.82, 2.24) is 0 Å². The Morgan fingerprint density at radius 3 is 2.38 bits per heavy atom. The Balaban J connectivity index is 2.90. The molecular weight excluding hydrogens is 209 g/mol. The molecule has 1 aromatic carbocycles. The molecule has 0 saturated carbocycles. The standard InChI is InChI=1S/C12H16FNO2/c1-8(7-13)11(16-2)9-3-5-10(6-4-9)12(14)15/h3-6,8,11H,7H2,1-2H3,(H2,14,15)/t8-,11+/m1/s1. The number of halogens is 1. The van der Waals surface area contributed by atoms with Gasteiger partial charge in [0.1, 0.15) is 0 Å². The minimum atomic E-state index is -0.473. The van der Waals surface area contributed by atoms with Crippen LogP contribution in [0.15, 0.2) is 24.3 Å². The topological polar surface area (TPSA) is 52.3 Å². The van der Waals surface area contributed by atoms with Gasteiger partial charge in [-0.05, 0) is 17.7 Å². The predicted molar refractivity (Wildman–Crippen MR) is 59.8 cm³/mol. The number of carbonyl (C=O) groups is 1. The second-order valence-electron chi connectivity index (χ2n) is 3.77. The molecule has 4 heteroatoms. The van der Waals surface area contributed by atoms with Gasteiger partial charge in [-0.25, -0.2) is 0 Å². The maximum absolute atomic E-state index is 12.6. The van der Waals surface area contributed by atoms with Gasteiger partial charge >= 0.3 is 0 Å². The van der Waals surface area contributed by atoms with E-state index in [0.717, 1.165) is 5.56 Å². The highest BCUT2D eigenvalue weighted by atomic mass is 19.1. The van der Waals surface area contributed by atoms with Crippen molar-refractivity contribution < 1.29 is 13.9 Å². The zero-order valence-electron chi connectivity index (χ0n) is 9.44. The largest absolute Gasteiger partial charge is 0.376 e. The van der Waals surface area contributed by atoms with E-state index in [1.807, 2.05) is 0 Å². The second-order valence-corrected chi connectivity index (χ2v) is 3.77. The van der Waals surface area contributed by atoms with Crippen LogP contribution in [0.5, 0.6) is 0 Å². The zero-order chi connectivity index (χ0) is 12.1. The smallest absolute Gasteiger partial charge is 0.248 e. The minimum absolute atomic E-state index is 0.218. The number of carbonyl (C=O) groups excluding carboxylic acids is 1. The molecule has 88 valence electrons. The van der Waals surface area contributed by atoms with Crippen molar-refractivity contribution in [2.45, 2.75) is 13.0 Å². The monoisotopic (exact) mass is 225 g/mol. The number of primary amides is 1. The molecule has 1 rings (SSSR count). The van der Waals surface area contributed by atoms with Crippen LogP contribution >= 0.6 is 0 Å². The highest BCUT2D eigenvalue weighted by Gasteiger charge is 2.18. The average Bonchev–Trinajstić information content (AvgIpc) is 2.30. The van der Waals surface area contributed by atoms with Crippen LogP contribution in [0.25, 0.3) is 0 Å². The summed E-state index contributed by atoms with van der Waals surface area (Å²) in [6.45, 7) is 1.33. The fraction of sp³-hybridized carbons (Fsp3) is 0.417. The van der Waals surface area contributed by atoms with Crippen molar-refractivity contribution >= 4 is 5.91 Å². The van der Waals surface area contributed by atoms with E-state index < -0.39 is 12.6 Å². The van der Waals surface area contributed by atoms with Gasteiger partial charge in [0.2, 0.25) is 5.91 Å². The summed E-state index contributed by atoms with van der Waals surface area (Å²) in [5.41, 5.74) is 6.41. The quantitative estimate of drug-likeness (QED) is 0.834. The average molecular weight is 225 g/mol. The highest BCUT2D eigenvalue weighted by molar-refractivity contribution is 5.92. The number of rotatable bonds is 5. The molecule has 2 N–H and O–H groups in total. The molecule has 1 amide bonds. The number of amides is 1. The first-order valence-electron chi connectivity index (χ1n) is 5.08. The van der Waals surface area contributed by atoms with Crippen LogP contribution < -0.4 is 5.73 Å². The SMILES string of the molecule is CO[C@H](c1ccc(C(N)=O)cc1)[C@H](C)CF. The molecule has 3 nitrogen and oxygen atoms in total. The summed E-state index contributed by atoms with van der Waals surface area (Å²) in [6, 6.07) is 6.71. The van der Waals surface area contributed by atoms with Crippen molar-refractivity contribution in [3.05, 3.63) is 35.4 Å². The van der Waals surface area contributed by atoms with Crippen LogP contribution in [0.1, 0.15) is 28.9 Å². The lowest BCUT2D eigenvalue weighted by molar-refractivity contribution is 0.0479. The maximum Gasteiger partial charge on any atom is 0.248 e. The number of hydrogen-bond acceptors (Lipinski definition) is 2. The summed E-state index contributed by atoms with van der Waals surface area (Å²) in [5, 5.41) is 0. The van der Waals surface area contributed by atoms with E-state index in [4.69, 9.17) is 10.5 Å². The number of hydrogen-bond donors (Lipinski definition) is 1. The van der Waals surface area contributed by atoms with Crippen LogP contribution in [0.3, 0.4) is 0 Å². The third-order valence-corrected chi connectivity index (χ3v) is 2.54. The van der Waals surface area contributed by atoms with Gasteiger partial charge in [-0.15, -0.1) is 0 Å². The highest BCUT2D eigenvalue weighted by Crippen LogP contribution is 2.25. The van der Waals surface area contributed by atoms with E-state index in [-0.39, 0.29) is 12.0 Å². The minimum Gasteiger partial charge on any atom is -0.376 e. The summed E-state index contributed by atoms with van der Waals surface area (Å²) >= 11 is 0. The fourth-order valence-electron chi connectivity index (χ4n) is 1.61. The van der Waals surface area contributed by atoms with Crippen LogP contribution in [0.2, 0.25) is 0 Å². The van der Waals surface area contributed by atoms with Crippen molar-refractivity contribution in [2.75, 3.05) is 13.8 Å². The molecule has 0 aromatic heterocycles. The number of nitrogens with two attached hydrogens (primary N) is 1. The molecule has 0 aliphatic rings. The van der Waals surface area contributed by atoms with Crippen molar-refractivity contribution in [3.8, 4) is 0 Å². The molecule has 0 saturated heterocycles. The van der Waals surface area contributed by atoms with E-state index in [1.54, 1.807) is 38.3 Å². The molecule has 0 aliphatic carbocycles. The van der Waals surface area contributed by atoms with Gasteiger partial charge in [0, 0.05) is 18.6 Å². The Bertz CT molecular complexity index is 351. The molecule has 0 heterocycles. The first kappa shape index (κ1) is 12.6. The Hall–Kier alpha value is -1.42. The Morgan fingerprint density at radius 2 is 2.00 bits per heavy atom. The first-order chi connectivity index (χ1) is 7.60. The number of methoxy groups -OCH3 is 1. The lowest BCUT2D eigenvalue weighted by Crippen LogP contribution is -2.15. The predicted octanol–water partition coefficient (Wildman–Crippen LogP) is 2.08. The number of alkyl halides is 1. The molecule has 2 atom stereocenters. The van der Waals surface area contributed by atoms with Gasteiger partial charge in [-0.1, -0.05) is 19.1 Å². The van der Waals surface area contributed by atoms with Gasteiger partial charge in [0.05, 0.1) is 12.8 Å². The Kier molecular flexibility index (Phi) is 4.43. The first-order valence-corrected chi connectivity index (χ1v) is 5.08. The molecule has 0 fully saturated rings. The third kappa shape index (κ3) is 2.79. The van der Waals surface area contributed by atoms with Crippen LogP contribution in [-0.4, -0.2) is 19.7 Å². The molecule has 0 radical (unpaired) electrons. The molecule has 0 bridgehead atoms. The Morgan fingerprint density at radius 1 is 1.44 bits per heavy atom.